The highest BCUT2D eigenvalue weighted by Gasteiger charge is 2.15. The molecule has 0 bridgehead atoms. The van der Waals surface area contributed by atoms with Crippen LogP contribution in [0, 0.1) is 11.7 Å². The molecule has 0 aliphatic rings. The van der Waals surface area contributed by atoms with Crippen LogP contribution in [-0.2, 0) is 16.0 Å². The summed E-state index contributed by atoms with van der Waals surface area (Å²) < 4.78 is 13.2. The van der Waals surface area contributed by atoms with Crippen LogP contribution in [-0.4, -0.2) is 16.8 Å². The Kier molecular flexibility index (Phi) is 6.01. The number of carbonyl (C=O) groups excluding carboxylic acids is 2. The molecule has 0 radical (unpaired) electrons. The van der Waals surface area contributed by atoms with Gasteiger partial charge in [-0.25, -0.2) is 9.37 Å². The summed E-state index contributed by atoms with van der Waals surface area (Å²) in [6, 6.07) is 9.72. The molecule has 6 heteroatoms. The molecular formula is C18H20FN3O2. The van der Waals surface area contributed by atoms with E-state index in [1.54, 1.807) is 18.2 Å². The van der Waals surface area contributed by atoms with Gasteiger partial charge in [-0.05, 0) is 42.7 Å². The van der Waals surface area contributed by atoms with Gasteiger partial charge in [0.1, 0.15) is 5.82 Å². The zero-order chi connectivity index (χ0) is 17.5. The monoisotopic (exact) mass is 329 g/mol. The average Bonchev–Trinajstić information content (AvgIpc) is 2.54. The van der Waals surface area contributed by atoms with E-state index in [1.807, 2.05) is 13.0 Å². The van der Waals surface area contributed by atoms with E-state index in [-0.39, 0.29) is 23.5 Å². The van der Waals surface area contributed by atoms with E-state index in [2.05, 4.69) is 15.6 Å². The van der Waals surface area contributed by atoms with Crippen LogP contribution in [0.2, 0.25) is 0 Å². The molecular weight excluding hydrogens is 309 g/mol. The number of rotatable bonds is 6. The predicted molar refractivity (Wildman–Crippen MR) is 91.1 cm³/mol. The summed E-state index contributed by atoms with van der Waals surface area (Å²) in [6.07, 6.45) is 2.73. The van der Waals surface area contributed by atoms with Crippen LogP contribution < -0.4 is 10.6 Å². The van der Waals surface area contributed by atoms with E-state index in [0.29, 0.717) is 24.3 Å². The van der Waals surface area contributed by atoms with E-state index in [9.17, 15) is 14.0 Å². The molecule has 0 aliphatic heterocycles. The zero-order valence-electron chi connectivity index (χ0n) is 13.7. The van der Waals surface area contributed by atoms with Gasteiger partial charge in [-0.1, -0.05) is 19.1 Å². The van der Waals surface area contributed by atoms with Crippen LogP contribution in [0.4, 0.5) is 15.9 Å². The molecule has 1 atom stereocenters. The maximum atomic E-state index is 13.2. The van der Waals surface area contributed by atoms with E-state index in [1.165, 1.54) is 25.3 Å². The van der Waals surface area contributed by atoms with Crippen molar-refractivity contribution in [3.8, 4) is 0 Å². The van der Waals surface area contributed by atoms with Crippen LogP contribution >= 0.6 is 0 Å². The molecule has 0 spiro atoms. The van der Waals surface area contributed by atoms with Gasteiger partial charge in [0, 0.05) is 19.0 Å². The highest BCUT2D eigenvalue weighted by atomic mass is 19.1. The number of hydrogen-bond donors (Lipinski definition) is 2. The molecule has 2 rings (SSSR count). The fraction of sp³-hybridized carbons (Fsp3) is 0.278. The number of aromatic nitrogens is 1. The van der Waals surface area contributed by atoms with Crippen LogP contribution in [0.15, 0.2) is 42.6 Å². The highest BCUT2D eigenvalue weighted by Crippen LogP contribution is 2.20. The summed E-state index contributed by atoms with van der Waals surface area (Å²) in [4.78, 5) is 27.5. The third kappa shape index (κ3) is 5.15. The number of hydrogen-bond acceptors (Lipinski definition) is 3. The molecule has 0 fully saturated rings. The smallest absolute Gasteiger partial charge is 0.227 e. The second-order valence-corrected chi connectivity index (χ2v) is 5.64. The second-order valence-electron chi connectivity index (χ2n) is 5.64. The Morgan fingerprint density at radius 2 is 2.00 bits per heavy atom. The Morgan fingerprint density at radius 1 is 1.21 bits per heavy atom. The maximum Gasteiger partial charge on any atom is 0.227 e. The molecule has 0 saturated carbocycles. The highest BCUT2D eigenvalue weighted by molar-refractivity contribution is 5.98. The number of nitrogens with one attached hydrogen (secondary N) is 2. The van der Waals surface area contributed by atoms with Crippen LogP contribution in [0.25, 0.3) is 0 Å². The molecule has 5 nitrogen and oxygen atoms in total. The summed E-state index contributed by atoms with van der Waals surface area (Å²) in [6.45, 7) is 3.19. The number of anilines is 2. The first kappa shape index (κ1) is 17.6. The van der Waals surface area contributed by atoms with Gasteiger partial charge >= 0.3 is 0 Å². The van der Waals surface area contributed by atoms with Gasteiger partial charge in [-0.15, -0.1) is 0 Å². The Morgan fingerprint density at radius 3 is 2.71 bits per heavy atom. The number of nitrogens with zero attached hydrogens (tertiary/aromatic N) is 1. The number of aryl methyl sites for hydroxylation is 1. The van der Waals surface area contributed by atoms with Crippen molar-refractivity contribution in [3.63, 3.8) is 0 Å². The minimum absolute atomic E-state index is 0.175. The van der Waals surface area contributed by atoms with Crippen molar-refractivity contribution in [1.29, 1.82) is 0 Å². The quantitative estimate of drug-likeness (QED) is 0.853. The maximum absolute atomic E-state index is 13.2. The van der Waals surface area contributed by atoms with Gasteiger partial charge in [-0.3, -0.25) is 9.59 Å². The summed E-state index contributed by atoms with van der Waals surface area (Å²) >= 11 is 0. The topological polar surface area (TPSA) is 71.1 Å². The van der Waals surface area contributed by atoms with Gasteiger partial charge < -0.3 is 10.6 Å². The first-order chi connectivity index (χ1) is 11.5. The lowest BCUT2D eigenvalue weighted by molar-refractivity contribution is -0.119. The van der Waals surface area contributed by atoms with Gasteiger partial charge in [0.05, 0.1) is 5.69 Å². The predicted octanol–water partition coefficient (Wildman–Crippen LogP) is 3.39. The lowest BCUT2D eigenvalue weighted by atomic mass is 10.0. The Labute approximate surface area is 140 Å². The van der Waals surface area contributed by atoms with Crippen LogP contribution in [0.1, 0.15) is 25.8 Å². The fourth-order valence-electron chi connectivity index (χ4n) is 2.24. The van der Waals surface area contributed by atoms with E-state index >= 15 is 0 Å². The number of amides is 2. The standard InChI is InChI=1S/C18H20FN3O2/c1-12(8-9-14-5-3-6-15(19)11-14)18(24)22-16-7-4-10-20-17(16)21-13(2)23/h3-7,10-12H,8-9H2,1-2H3,(H,22,24)(H,20,21,23). The number of benzene rings is 1. The number of carbonyl (C=O) groups is 2. The van der Waals surface area contributed by atoms with Crippen molar-refractivity contribution in [2.24, 2.45) is 5.92 Å². The number of halogens is 1. The van der Waals surface area contributed by atoms with Gasteiger partial charge in [0.15, 0.2) is 5.82 Å². The van der Waals surface area contributed by atoms with E-state index in [0.717, 1.165) is 5.56 Å². The fourth-order valence-corrected chi connectivity index (χ4v) is 2.24. The molecule has 2 amide bonds. The molecule has 0 saturated heterocycles. The van der Waals surface area contributed by atoms with Crippen molar-refractivity contribution in [3.05, 3.63) is 54.0 Å². The first-order valence-electron chi connectivity index (χ1n) is 7.73. The normalized spacial score (nSPS) is 11.6. The van der Waals surface area contributed by atoms with Gasteiger partial charge in [0.2, 0.25) is 11.8 Å². The summed E-state index contributed by atoms with van der Waals surface area (Å²) in [5, 5.41) is 5.35. The molecule has 0 aliphatic carbocycles. The summed E-state index contributed by atoms with van der Waals surface area (Å²) in [7, 11) is 0. The van der Waals surface area contributed by atoms with Crippen molar-refractivity contribution in [1.82, 2.24) is 4.98 Å². The molecule has 1 aromatic carbocycles. The lowest BCUT2D eigenvalue weighted by Crippen LogP contribution is -2.22. The van der Waals surface area contributed by atoms with Gasteiger partial charge in [-0.2, -0.15) is 0 Å². The summed E-state index contributed by atoms with van der Waals surface area (Å²) in [5.41, 5.74) is 1.31. The SMILES string of the molecule is CC(=O)Nc1ncccc1NC(=O)C(C)CCc1cccc(F)c1. The third-order valence-electron chi connectivity index (χ3n) is 3.56. The van der Waals surface area contributed by atoms with E-state index < -0.39 is 0 Å². The molecule has 1 unspecified atom stereocenters. The number of pyridine rings is 1. The zero-order valence-corrected chi connectivity index (χ0v) is 13.7. The Bertz CT molecular complexity index is 734. The van der Waals surface area contributed by atoms with Gasteiger partial charge in [0.25, 0.3) is 0 Å². The first-order valence-corrected chi connectivity index (χ1v) is 7.73. The van der Waals surface area contributed by atoms with Crippen molar-refractivity contribution in [2.45, 2.75) is 26.7 Å². The molecule has 126 valence electrons. The second kappa shape index (κ2) is 8.19. The average molecular weight is 329 g/mol. The van der Waals surface area contributed by atoms with E-state index in [4.69, 9.17) is 0 Å². The minimum atomic E-state index is -0.278. The van der Waals surface area contributed by atoms with Crippen LogP contribution in [0.3, 0.4) is 0 Å². The largest absolute Gasteiger partial charge is 0.323 e. The molecule has 2 aromatic rings. The Hall–Kier alpha value is -2.76. The lowest BCUT2D eigenvalue weighted by Gasteiger charge is -2.14. The van der Waals surface area contributed by atoms with Crippen LogP contribution in [0.5, 0.6) is 0 Å². The molecule has 1 heterocycles. The molecule has 24 heavy (non-hydrogen) atoms. The molecule has 1 aromatic heterocycles. The summed E-state index contributed by atoms with van der Waals surface area (Å²) in [5.74, 6) is -0.663. The molecule has 2 N–H and O–H groups in total. The Balaban J connectivity index is 1.95. The van der Waals surface area contributed by atoms with Crippen molar-refractivity contribution < 1.29 is 14.0 Å². The minimum Gasteiger partial charge on any atom is -0.323 e. The third-order valence-corrected chi connectivity index (χ3v) is 3.56. The van der Waals surface area contributed by atoms with Crippen molar-refractivity contribution >= 4 is 23.3 Å². The van der Waals surface area contributed by atoms with Crippen molar-refractivity contribution in [2.75, 3.05) is 10.6 Å².